The standard InChI is InChI=1S/C30H37Cl2NO8/c1-4-16(2)30(39)41-27-11-10-25(33-40-15-22-23(31)6-5-7-24(22)32)21-14-26(36)17(3)20(29(21)27)9-8-18(34)12-19(35)13-28(37)38/h5-7,14,16-17,19-20,27,29,35H,4,8-13,15H2,1-3H3,(H,37,38). The molecular weight excluding hydrogens is 573 g/mol. The molecule has 1 aromatic rings. The zero-order valence-electron chi connectivity index (χ0n) is 23.5. The minimum atomic E-state index is -1.28. The lowest BCUT2D eigenvalue weighted by molar-refractivity contribution is -0.158. The minimum Gasteiger partial charge on any atom is -0.481 e. The van der Waals surface area contributed by atoms with E-state index in [2.05, 4.69) is 5.16 Å². The number of aliphatic hydroxyl groups is 1. The molecule has 0 heterocycles. The Bertz CT molecular complexity index is 1190. The Morgan fingerprint density at radius 2 is 1.85 bits per heavy atom. The highest BCUT2D eigenvalue weighted by atomic mass is 35.5. The molecule has 0 amide bonds. The third-order valence-corrected chi connectivity index (χ3v) is 8.67. The van der Waals surface area contributed by atoms with Crippen molar-refractivity contribution in [1.29, 1.82) is 0 Å². The first kappa shape index (κ1) is 32.8. The van der Waals surface area contributed by atoms with Crippen LogP contribution in [0.15, 0.2) is 35.0 Å². The topological polar surface area (TPSA) is 140 Å². The fraction of sp³-hybridized carbons (Fsp3) is 0.567. The summed E-state index contributed by atoms with van der Waals surface area (Å²) in [6, 6.07) is 5.12. The first-order valence-corrected chi connectivity index (χ1v) is 14.7. The zero-order chi connectivity index (χ0) is 30.3. The normalized spacial score (nSPS) is 24.7. The maximum atomic E-state index is 13.1. The van der Waals surface area contributed by atoms with E-state index >= 15 is 0 Å². The monoisotopic (exact) mass is 609 g/mol. The van der Waals surface area contributed by atoms with Gasteiger partial charge in [-0.2, -0.15) is 0 Å². The number of carboxylic acid groups (broad SMARTS) is 1. The van der Waals surface area contributed by atoms with E-state index in [1.54, 1.807) is 32.0 Å². The van der Waals surface area contributed by atoms with Crippen molar-refractivity contribution in [2.24, 2.45) is 28.8 Å². The van der Waals surface area contributed by atoms with Crippen molar-refractivity contribution in [2.45, 2.75) is 84.5 Å². The van der Waals surface area contributed by atoms with Crippen molar-refractivity contribution >= 4 is 52.4 Å². The van der Waals surface area contributed by atoms with Crippen molar-refractivity contribution < 1.29 is 39.0 Å². The van der Waals surface area contributed by atoms with Crippen LogP contribution in [0.1, 0.15) is 71.3 Å². The molecule has 0 saturated heterocycles. The lowest BCUT2D eigenvalue weighted by Gasteiger charge is -2.43. The number of oxime groups is 1. The highest BCUT2D eigenvalue weighted by Crippen LogP contribution is 2.44. The Balaban J connectivity index is 1.85. The van der Waals surface area contributed by atoms with Crippen molar-refractivity contribution in [3.63, 3.8) is 0 Å². The summed E-state index contributed by atoms with van der Waals surface area (Å²) in [6.07, 6.45) is 0.771. The molecule has 2 aliphatic carbocycles. The van der Waals surface area contributed by atoms with Gasteiger partial charge in [-0.15, -0.1) is 0 Å². The Kier molecular flexibility index (Phi) is 11.9. The molecule has 0 aliphatic heterocycles. The number of allylic oxidation sites excluding steroid dienone is 1. The molecule has 9 nitrogen and oxygen atoms in total. The quantitative estimate of drug-likeness (QED) is 0.218. The molecule has 2 aliphatic rings. The Morgan fingerprint density at radius 1 is 1.17 bits per heavy atom. The van der Waals surface area contributed by atoms with Gasteiger partial charge in [0.15, 0.2) is 5.78 Å². The average Bonchev–Trinajstić information content (AvgIpc) is 2.90. The number of hydrogen-bond acceptors (Lipinski definition) is 8. The highest BCUT2D eigenvalue weighted by molar-refractivity contribution is 6.35. The second kappa shape index (κ2) is 14.9. The third kappa shape index (κ3) is 8.63. The number of halogens is 2. The molecule has 11 heteroatoms. The fourth-order valence-electron chi connectivity index (χ4n) is 5.39. The first-order chi connectivity index (χ1) is 19.4. The van der Waals surface area contributed by atoms with Crippen LogP contribution in [0.25, 0.3) is 0 Å². The average molecular weight is 611 g/mol. The van der Waals surface area contributed by atoms with E-state index in [0.717, 1.165) is 0 Å². The number of rotatable bonds is 13. The van der Waals surface area contributed by atoms with Gasteiger partial charge in [-0.05, 0) is 55.4 Å². The molecule has 6 atom stereocenters. The van der Waals surface area contributed by atoms with Gasteiger partial charge in [0.05, 0.1) is 24.2 Å². The summed E-state index contributed by atoms with van der Waals surface area (Å²) < 4.78 is 5.98. The smallest absolute Gasteiger partial charge is 0.308 e. The van der Waals surface area contributed by atoms with Crippen molar-refractivity contribution in [1.82, 2.24) is 0 Å². The molecule has 2 N–H and O–H groups in total. The summed E-state index contributed by atoms with van der Waals surface area (Å²) in [5, 5.41) is 24.0. The highest BCUT2D eigenvalue weighted by Gasteiger charge is 2.46. The number of aliphatic hydroxyl groups excluding tert-OH is 1. The number of ether oxygens (including phenoxy) is 1. The van der Waals surface area contributed by atoms with E-state index in [9.17, 15) is 24.3 Å². The van der Waals surface area contributed by atoms with E-state index in [1.165, 1.54) is 6.08 Å². The predicted molar refractivity (Wildman–Crippen MR) is 154 cm³/mol. The molecule has 1 aromatic carbocycles. The maximum Gasteiger partial charge on any atom is 0.308 e. The molecule has 0 radical (unpaired) electrons. The molecular formula is C30H37Cl2NO8. The number of aliphatic carboxylic acids is 1. The van der Waals surface area contributed by atoms with Crippen LogP contribution in [0, 0.1) is 23.7 Å². The summed E-state index contributed by atoms with van der Waals surface area (Å²) in [5.74, 6) is -3.42. The van der Waals surface area contributed by atoms with Crippen LogP contribution in [-0.2, 0) is 35.4 Å². The van der Waals surface area contributed by atoms with Crippen LogP contribution in [-0.4, -0.2) is 51.6 Å². The van der Waals surface area contributed by atoms with Gasteiger partial charge in [0.1, 0.15) is 18.5 Å². The van der Waals surface area contributed by atoms with E-state index in [-0.39, 0.29) is 48.8 Å². The van der Waals surface area contributed by atoms with Crippen LogP contribution in [0.5, 0.6) is 0 Å². The summed E-state index contributed by atoms with van der Waals surface area (Å²) in [4.78, 5) is 55.0. The van der Waals surface area contributed by atoms with E-state index < -0.39 is 36.4 Å². The van der Waals surface area contributed by atoms with Crippen LogP contribution < -0.4 is 0 Å². The van der Waals surface area contributed by atoms with Crippen LogP contribution in [0.4, 0.5) is 0 Å². The maximum absolute atomic E-state index is 13.1. The largest absolute Gasteiger partial charge is 0.481 e. The summed E-state index contributed by atoms with van der Waals surface area (Å²) >= 11 is 12.5. The van der Waals surface area contributed by atoms with Gasteiger partial charge >= 0.3 is 11.9 Å². The molecule has 0 spiro atoms. The number of carbonyl (C=O) groups excluding carboxylic acids is 3. The molecule has 0 aromatic heterocycles. The minimum absolute atomic E-state index is 0.0212. The van der Waals surface area contributed by atoms with Gasteiger partial charge in [-0.25, -0.2) is 0 Å². The summed E-state index contributed by atoms with van der Waals surface area (Å²) in [5.41, 5.74) is 1.76. The van der Waals surface area contributed by atoms with Gasteiger partial charge < -0.3 is 19.8 Å². The number of benzene rings is 1. The SMILES string of the molecule is CCC(C)C(=O)OC1CCC(=NOCc2c(Cl)cccc2Cl)C2=CC(=O)C(C)C(CCC(=O)CC(O)CC(=O)O)C21. The molecule has 41 heavy (non-hydrogen) atoms. The molecule has 224 valence electrons. The first-order valence-electron chi connectivity index (χ1n) is 13.9. The summed E-state index contributed by atoms with van der Waals surface area (Å²) in [6.45, 7) is 5.51. The van der Waals surface area contributed by atoms with Gasteiger partial charge in [-0.1, -0.05) is 55.2 Å². The summed E-state index contributed by atoms with van der Waals surface area (Å²) in [7, 11) is 0. The Labute approximate surface area is 249 Å². The predicted octanol–water partition coefficient (Wildman–Crippen LogP) is 5.57. The number of fused-ring (bicyclic) bond motifs is 1. The van der Waals surface area contributed by atoms with Crippen LogP contribution >= 0.6 is 23.2 Å². The van der Waals surface area contributed by atoms with E-state index in [0.29, 0.717) is 52.6 Å². The molecule has 1 fully saturated rings. The number of hydrogen-bond donors (Lipinski definition) is 2. The molecule has 3 rings (SSSR count). The number of carbonyl (C=O) groups is 4. The van der Waals surface area contributed by atoms with Crippen molar-refractivity contribution in [3.8, 4) is 0 Å². The van der Waals surface area contributed by atoms with Crippen molar-refractivity contribution in [2.75, 3.05) is 0 Å². The van der Waals surface area contributed by atoms with Crippen LogP contribution in [0.3, 0.4) is 0 Å². The fourth-order valence-corrected chi connectivity index (χ4v) is 5.90. The van der Waals surface area contributed by atoms with Gasteiger partial charge in [-0.3, -0.25) is 19.2 Å². The third-order valence-electron chi connectivity index (χ3n) is 7.97. The number of carboxylic acids is 1. The molecule has 6 unspecified atom stereocenters. The second-order valence-corrected chi connectivity index (χ2v) is 11.7. The number of esters is 1. The Hall–Kier alpha value is -2.75. The number of Topliss-reactive ketones (excluding diaryl/α,β-unsaturated/α-hetero) is 1. The van der Waals surface area contributed by atoms with Crippen LogP contribution in [0.2, 0.25) is 10.0 Å². The molecule has 1 saturated carbocycles. The lowest BCUT2D eigenvalue weighted by atomic mass is 9.63. The lowest BCUT2D eigenvalue weighted by Crippen LogP contribution is -2.46. The van der Waals surface area contributed by atoms with E-state index in [1.807, 2.05) is 6.92 Å². The van der Waals surface area contributed by atoms with Gasteiger partial charge in [0.2, 0.25) is 0 Å². The van der Waals surface area contributed by atoms with Crippen molar-refractivity contribution in [3.05, 3.63) is 45.5 Å². The number of nitrogens with zero attached hydrogens (tertiary/aromatic N) is 1. The molecule has 0 bridgehead atoms. The number of ketones is 2. The van der Waals surface area contributed by atoms with Gasteiger partial charge in [0, 0.05) is 40.3 Å². The van der Waals surface area contributed by atoms with E-state index in [4.69, 9.17) is 37.9 Å². The Morgan fingerprint density at radius 3 is 2.49 bits per heavy atom. The second-order valence-electron chi connectivity index (χ2n) is 10.8. The zero-order valence-corrected chi connectivity index (χ0v) is 25.0. The van der Waals surface area contributed by atoms with Gasteiger partial charge in [0.25, 0.3) is 0 Å².